The molecular weight excluding hydrogens is 336 g/mol. The number of amides is 1. The lowest BCUT2D eigenvalue weighted by Crippen LogP contribution is -2.43. The highest BCUT2D eigenvalue weighted by molar-refractivity contribution is 7.17. The lowest BCUT2D eigenvalue weighted by atomic mass is 9.95. The predicted molar refractivity (Wildman–Crippen MR) is 98.5 cm³/mol. The Kier molecular flexibility index (Phi) is 3.87. The maximum Gasteiger partial charge on any atom is 0.270 e. The van der Waals surface area contributed by atoms with Crippen LogP contribution >= 0.6 is 11.3 Å². The van der Waals surface area contributed by atoms with Gasteiger partial charge in [0.15, 0.2) is 0 Å². The summed E-state index contributed by atoms with van der Waals surface area (Å²) in [6.45, 7) is 3.30. The van der Waals surface area contributed by atoms with Crippen LogP contribution in [0, 0.1) is 0 Å². The number of thiophene rings is 1. The summed E-state index contributed by atoms with van der Waals surface area (Å²) in [5.41, 5.74) is 1.71. The Labute approximate surface area is 150 Å². The third-order valence-corrected chi connectivity index (χ3v) is 6.56. The molecule has 132 valence electrons. The Morgan fingerprint density at radius 2 is 2.24 bits per heavy atom. The van der Waals surface area contributed by atoms with E-state index in [0.717, 1.165) is 49.2 Å². The molecule has 2 aromatic rings. The van der Waals surface area contributed by atoms with Gasteiger partial charge >= 0.3 is 0 Å². The van der Waals surface area contributed by atoms with Crippen molar-refractivity contribution in [1.82, 2.24) is 15.6 Å². The van der Waals surface area contributed by atoms with E-state index < -0.39 is 0 Å². The second kappa shape index (κ2) is 6.23. The van der Waals surface area contributed by atoms with Crippen LogP contribution < -0.4 is 15.5 Å². The summed E-state index contributed by atoms with van der Waals surface area (Å²) >= 11 is 1.68. The average molecular weight is 358 g/mol. The van der Waals surface area contributed by atoms with E-state index in [2.05, 4.69) is 25.9 Å². The minimum Gasteiger partial charge on any atom is -0.378 e. The van der Waals surface area contributed by atoms with Crippen molar-refractivity contribution in [3.05, 3.63) is 23.3 Å². The SMILES string of the molecule is O=C(N[C@@H]1C[C@H]2CC[C@@H]1N2)c1cc2c(N3CCOCC3)csc2cn1. The van der Waals surface area contributed by atoms with Gasteiger partial charge in [0.05, 0.1) is 23.6 Å². The molecule has 6 nitrogen and oxygen atoms in total. The molecule has 25 heavy (non-hydrogen) atoms. The summed E-state index contributed by atoms with van der Waals surface area (Å²) in [5, 5.41) is 10.0. The van der Waals surface area contributed by atoms with Crippen LogP contribution in [0.3, 0.4) is 0 Å². The number of pyridine rings is 1. The van der Waals surface area contributed by atoms with Crippen molar-refractivity contribution in [2.24, 2.45) is 0 Å². The number of nitrogens with zero attached hydrogens (tertiary/aromatic N) is 2. The van der Waals surface area contributed by atoms with Crippen molar-refractivity contribution in [2.45, 2.75) is 37.4 Å². The number of fused-ring (bicyclic) bond motifs is 3. The lowest BCUT2D eigenvalue weighted by Gasteiger charge is -2.28. The molecule has 3 atom stereocenters. The summed E-state index contributed by atoms with van der Waals surface area (Å²) in [6, 6.07) is 3.20. The molecule has 5 rings (SSSR count). The zero-order valence-corrected chi connectivity index (χ0v) is 14.8. The molecule has 0 unspecified atom stereocenters. The standard InChI is InChI=1S/C18H22N4O2S/c23-18(21-14-7-11-1-2-13(14)20-11)15-8-12-16(10-25-17(12)9-19-15)22-3-5-24-6-4-22/h8-11,13-14,20H,1-7H2,(H,21,23)/t11-,13+,14-/m1/s1. The van der Waals surface area contributed by atoms with Crippen LogP contribution in [0.25, 0.3) is 10.1 Å². The zero-order valence-electron chi connectivity index (χ0n) is 14.0. The van der Waals surface area contributed by atoms with Gasteiger partial charge in [-0.15, -0.1) is 11.3 Å². The van der Waals surface area contributed by atoms with Crippen molar-refractivity contribution in [1.29, 1.82) is 0 Å². The third kappa shape index (κ3) is 2.80. The van der Waals surface area contributed by atoms with Gasteiger partial charge in [-0.1, -0.05) is 0 Å². The lowest BCUT2D eigenvalue weighted by molar-refractivity contribution is 0.0926. The van der Waals surface area contributed by atoms with Crippen molar-refractivity contribution in [3.8, 4) is 0 Å². The van der Waals surface area contributed by atoms with E-state index in [-0.39, 0.29) is 11.9 Å². The van der Waals surface area contributed by atoms with Crippen molar-refractivity contribution >= 4 is 33.0 Å². The number of hydrogen-bond donors (Lipinski definition) is 2. The van der Waals surface area contributed by atoms with E-state index >= 15 is 0 Å². The molecule has 0 radical (unpaired) electrons. The Morgan fingerprint density at radius 1 is 1.36 bits per heavy atom. The number of carbonyl (C=O) groups excluding carboxylic acids is 1. The normalized spacial score (nSPS) is 28.6. The van der Waals surface area contributed by atoms with Gasteiger partial charge in [-0.3, -0.25) is 4.79 Å². The number of rotatable bonds is 3. The summed E-state index contributed by atoms with van der Waals surface area (Å²) < 4.78 is 6.57. The number of anilines is 1. The van der Waals surface area contributed by atoms with Crippen molar-refractivity contribution in [2.75, 3.05) is 31.2 Å². The van der Waals surface area contributed by atoms with Crippen molar-refractivity contribution < 1.29 is 9.53 Å². The third-order valence-electron chi connectivity index (χ3n) is 5.64. The van der Waals surface area contributed by atoms with Crippen LogP contribution in [0.2, 0.25) is 0 Å². The number of nitrogens with one attached hydrogen (secondary N) is 2. The smallest absolute Gasteiger partial charge is 0.270 e. The Balaban J connectivity index is 1.38. The molecule has 2 aromatic heterocycles. The predicted octanol–water partition coefficient (Wildman–Crippen LogP) is 1.76. The maximum atomic E-state index is 12.7. The van der Waals surface area contributed by atoms with Gasteiger partial charge in [0.2, 0.25) is 0 Å². The highest BCUT2D eigenvalue weighted by Gasteiger charge is 2.39. The van der Waals surface area contributed by atoms with Crippen LogP contribution in [0.5, 0.6) is 0 Å². The quantitative estimate of drug-likeness (QED) is 0.875. The van der Waals surface area contributed by atoms with Crippen LogP contribution in [0.15, 0.2) is 17.6 Å². The summed E-state index contributed by atoms with van der Waals surface area (Å²) in [5.74, 6) is -0.0552. The number of ether oxygens (including phenoxy) is 1. The monoisotopic (exact) mass is 358 g/mol. The molecule has 1 amide bonds. The first-order valence-electron chi connectivity index (χ1n) is 9.05. The fourth-order valence-corrected chi connectivity index (χ4v) is 5.24. The molecule has 3 aliphatic rings. The molecule has 5 heterocycles. The molecule has 3 saturated heterocycles. The first kappa shape index (κ1) is 15.5. The molecule has 3 aliphatic heterocycles. The van der Waals surface area contributed by atoms with Gasteiger partial charge in [-0.05, 0) is 25.3 Å². The molecule has 2 bridgehead atoms. The van der Waals surface area contributed by atoms with Gasteiger partial charge in [-0.2, -0.15) is 0 Å². The first-order chi connectivity index (χ1) is 12.3. The number of aromatic nitrogens is 1. The molecule has 0 aromatic carbocycles. The zero-order chi connectivity index (χ0) is 16.8. The van der Waals surface area contributed by atoms with Gasteiger partial charge in [0, 0.05) is 48.2 Å². The minimum absolute atomic E-state index is 0.0552. The Hall–Kier alpha value is -1.70. The van der Waals surface area contributed by atoms with Crippen LogP contribution in [-0.4, -0.2) is 55.3 Å². The second-order valence-electron chi connectivity index (χ2n) is 7.15. The van der Waals surface area contributed by atoms with E-state index in [1.54, 1.807) is 11.3 Å². The molecule has 3 fully saturated rings. The highest BCUT2D eigenvalue weighted by atomic mass is 32.1. The minimum atomic E-state index is -0.0552. The van der Waals surface area contributed by atoms with Gasteiger partial charge in [-0.25, -0.2) is 4.98 Å². The maximum absolute atomic E-state index is 12.7. The number of hydrogen-bond acceptors (Lipinski definition) is 6. The van der Waals surface area contributed by atoms with E-state index in [1.165, 1.54) is 12.1 Å². The number of carbonyl (C=O) groups is 1. The average Bonchev–Trinajstić information content (AvgIpc) is 3.37. The van der Waals surface area contributed by atoms with Gasteiger partial charge in [0.1, 0.15) is 5.69 Å². The molecule has 0 aliphatic carbocycles. The van der Waals surface area contributed by atoms with E-state index in [0.29, 0.717) is 17.8 Å². The molecule has 2 N–H and O–H groups in total. The van der Waals surface area contributed by atoms with Crippen LogP contribution in [0.1, 0.15) is 29.8 Å². The topological polar surface area (TPSA) is 66.5 Å². The van der Waals surface area contributed by atoms with Crippen LogP contribution in [0.4, 0.5) is 5.69 Å². The first-order valence-corrected chi connectivity index (χ1v) is 9.93. The molecular formula is C18H22N4O2S. The van der Waals surface area contributed by atoms with Gasteiger partial charge in [0.25, 0.3) is 5.91 Å². The van der Waals surface area contributed by atoms with Crippen LogP contribution in [-0.2, 0) is 4.74 Å². The fourth-order valence-electron chi connectivity index (χ4n) is 4.32. The molecule has 0 spiro atoms. The second-order valence-corrected chi connectivity index (χ2v) is 8.06. The molecule has 7 heteroatoms. The summed E-state index contributed by atoms with van der Waals surface area (Å²) in [4.78, 5) is 19.4. The fraction of sp³-hybridized carbons (Fsp3) is 0.556. The van der Waals surface area contributed by atoms with E-state index in [9.17, 15) is 4.79 Å². The summed E-state index contributed by atoms with van der Waals surface area (Å²) in [7, 11) is 0. The van der Waals surface area contributed by atoms with E-state index in [4.69, 9.17) is 4.74 Å². The van der Waals surface area contributed by atoms with E-state index in [1.807, 2.05) is 12.3 Å². The highest BCUT2D eigenvalue weighted by Crippen LogP contribution is 2.34. The Morgan fingerprint density at radius 3 is 3.00 bits per heavy atom. The summed E-state index contributed by atoms with van der Waals surface area (Å²) in [6.07, 6.45) is 5.26. The molecule has 0 saturated carbocycles. The van der Waals surface area contributed by atoms with Crippen molar-refractivity contribution in [3.63, 3.8) is 0 Å². The Bertz CT molecular complexity index is 801. The number of morpholine rings is 1. The van der Waals surface area contributed by atoms with Gasteiger partial charge < -0.3 is 20.3 Å². The largest absolute Gasteiger partial charge is 0.378 e.